The summed E-state index contributed by atoms with van der Waals surface area (Å²) >= 11 is 0. The summed E-state index contributed by atoms with van der Waals surface area (Å²) in [5.41, 5.74) is -0.239. The van der Waals surface area contributed by atoms with Crippen molar-refractivity contribution in [1.29, 1.82) is 5.26 Å². The topological polar surface area (TPSA) is 88.4 Å². The third-order valence-corrected chi connectivity index (χ3v) is 3.55. The van der Waals surface area contributed by atoms with Crippen LogP contribution in [0.5, 0.6) is 5.75 Å². The SMILES string of the molecule is N#CC(C(=O)NCC1CCCO1)C(=O)c1ccccc1OC(F)F. The summed E-state index contributed by atoms with van der Waals surface area (Å²) in [5.74, 6) is -3.69. The number of amides is 1. The maximum atomic E-state index is 12.4. The lowest BCUT2D eigenvalue weighted by atomic mass is 9.97. The molecule has 2 rings (SSSR count). The number of ketones is 1. The Labute approximate surface area is 137 Å². The molecule has 0 radical (unpaired) electrons. The van der Waals surface area contributed by atoms with Gasteiger partial charge in [-0.3, -0.25) is 9.59 Å². The molecule has 0 spiro atoms. The fraction of sp³-hybridized carbons (Fsp3) is 0.438. The smallest absolute Gasteiger partial charge is 0.387 e. The normalized spacial score (nSPS) is 18.0. The molecule has 1 aromatic rings. The molecule has 1 amide bonds. The van der Waals surface area contributed by atoms with Gasteiger partial charge in [0.1, 0.15) is 5.75 Å². The Hall–Kier alpha value is -2.53. The van der Waals surface area contributed by atoms with Crippen LogP contribution in [-0.2, 0) is 9.53 Å². The number of rotatable bonds is 7. The average Bonchev–Trinajstić information content (AvgIpc) is 3.07. The number of para-hydroxylation sites is 1. The number of Topliss-reactive ketones (excluding diaryl/α,β-unsaturated/α-hetero) is 1. The van der Waals surface area contributed by atoms with Crippen LogP contribution >= 0.6 is 0 Å². The van der Waals surface area contributed by atoms with Crippen molar-refractivity contribution in [2.24, 2.45) is 5.92 Å². The van der Waals surface area contributed by atoms with Crippen molar-refractivity contribution in [1.82, 2.24) is 5.32 Å². The minimum absolute atomic E-state index is 0.141. The van der Waals surface area contributed by atoms with Gasteiger partial charge < -0.3 is 14.8 Å². The van der Waals surface area contributed by atoms with Gasteiger partial charge in [-0.1, -0.05) is 12.1 Å². The molecule has 24 heavy (non-hydrogen) atoms. The highest BCUT2D eigenvalue weighted by Gasteiger charge is 2.30. The molecule has 1 saturated heterocycles. The third-order valence-electron chi connectivity index (χ3n) is 3.55. The second-order valence-electron chi connectivity index (χ2n) is 5.18. The quantitative estimate of drug-likeness (QED) is 0.606. The molecule has 0 saturated carbocycles. The Balaban J connectivity index is 2.08. The van der Waals surface area contributed by atoms with Crippen molar-refractivity contribution < 1.29 is 27.8 Å². The number of carbonyl (C=O) groups excluding carboxylic acids is 2. The first-order valence-electron chi connectivity index (χ1n) is 7.40. The molecular weight excluding hydrogens is 322 g/mol. The van der Waals surface area contributed by atoms with E-state index in [2.05, 4.69) is 10.1 Å². The lowest BCUT2D eigenvalue weighted by Crippen LogP contribution is -2.38. The predicted octanol–water partition coefficient (Wildman–Crippen LogP) is 1.91. The summed E-state index contributed by atoms with van der Waals surface area (Å²) in [6, 6.07) is 6.87. The molecule has 0 bridgehead atoms. The predicted molar refractivity (Wildman–Crippen MR) is 78.5 cm³/mol. The number of hydrogen-bond donors (Lipinski definition) is 1. The molecule has 2 atom stereocenters. The number of benzene rings is 1. The largest absolute Gasteiger partial charge is 0.434 e. The molecule has 1 N–H and O–H groups in total. The van der Waals surface area contributed by atoms with E-state index in [0.717, 1.165) is 12.8 Å². The van der Waals surface area contributed by atoms with E-state index in [4.69, 9.17) is 10.00 Å². The monoisotopic (exact) mass is 338 g/mol. The maximum absolute atomic E-state index is 12.4. The van der Waals surface area contributed by atoms with Crippen LogP contribution in [0.1, 0.15) is 23.2 Å². The van der Waals surface area contributed by atoms with Gasteiger partial charge in [-0.25, -0.2) is 0 Å². The molecule has 0 aromatic heterocycles. The minimum atomic E-state index is -3.12. The number of nitrogens with one attached hydrogen (secondary N) is 1. The standard InChI is InChI=1S/C16H16F2N2O4/c17-16(18)24-13-6-2-1-5-11(13)14(21)12(8-19)15(22)20-9-10-4-3-7-23-10/h1-2,5-6,10,12,16H,3-4,7,9H2,(H,20,22). The van der Waals surface area contributed by atoms with Crippen LogP contribution in [0.4, 0.5) is 8.78 Å². The Morgan fingerprint density at radius 1 is 1.42 bits per heavy atom. The van der Waals surface area contributed by atoms with Crippen molar-refractivity contribution in [3.63, 3.8) is 0 Å². The number of nitriles is 1. The van der Waals surface area contributed by atoms with Crippen molar-refractivity contribution >= 4 is 11.7 Å². The molecule has 128 valence electrons. The zero-order valence-corrected chi connectivity index (χ0v) is 12.7. The van der Waals surface area contributed by atoms with Gasteiger partial charge in [-0.15, -0.1) is 0 Å². The highest BCUT2D eigenvalue weighted by molar-refractivity contribution is 6.13. The average molecular weight is 338 g/mol. The van der Waals surface area contributed by atoms with Crippen LogP contribution < -0.4 is 10.1 Å². The van der Waals surface area contributed by atoms with Crippen molar-refractivity contribution in [2.45, 2.75) is 25.6 Å². The fourth-order valence-corrected chi connectivity index (χ4v) is 2.38. The van der Waals surface area contributed by atoms with Gasteiger partial charge in [0.15, 0.2) is 11.7 Å². The molecular formula is C16H16F2N2O4. The molecule has 1 aliphatic rings. The van der Waals surface area contributed by atoms with Crippen LogP contribution in [0, 0.1) is 17.2 Å². The summed E-state index contributed by atoms with van der Waals surface area (Å²) in [6.07, 6.45) is 1.54. The second kappa shape index (κ2) is 8.36. The lowest BCUT2D eigenvalue weighted by molar-refractivity contribution is -0.122. The first kappa shape index (κ1) is 17.8. The van der Waals surface area contributed by atoms with Crippen molar-refractivity contribution in [3.05, 3.63) is 29.8 Å². The van der Waals surface area contributed by atoms with Gasteiger partial charge in [0.2, 0.25) is 5.91 Å². The molecule has 0 aliphatic carbocycles. The van der Waals surface area contributed by atoms with Gasteiger partial charge in [0.05, 0.1) is 17.7 Å². The Morgan fingerprint density at radius 2 is 2.17 bits per heavy atom. The molecule has 1 heterocycles. The van der Waals surface area contributed by atoms with E-state index < -0.39 is 24.2 Å². The lowest BCUT2D eigenvalue weighted by Gasteiger charge is -2.14. The van der Waals surface area contributed by atoms with E-state index in [-0.39, 0.29) is 24.0 Å². The zero-order valence-electron chi connectivity index (χ0n) is 12.7. The maximum Gasteiger partial charge on any atom is 0.387 e. The van der Waals surface area contributed by atoms with E-state index in [1.54, 1.807) is 6.07 Å². The molecule has 8 heteroatoms. The fourth-order valence-electron chi connectivity index (χ4n) is 2.38. The molecule has 1 aliphatic heterocycles. The number of carbonyl (C=O) groups is 2. The van der Waals surface area contributed by atoms with Crippen LogP contribution in [0.15, 0.2) is 24.3 Å². The Morgan fingerprint density at radius 3 is 2.79 bits per heavy atom. The highest BCUT2D eigenvalue weighted by atomic mass is 19.3. The summed E-state index contributed by atoms with van der Waals surface area (Å²) in [4.78, 5) is 24.5. The van der Waals surface area contributed by atoms with E-state index in [1.165, 1.54) is 24.3 Å². The Kier molecular flexibility index (Phi) is 6.21. The van der Waals surface area contributed by atoms with Crippen molar-refractivity contribution in [2.75, 3.05) is 13.2 Å². The van der Waals surface area contributed by atoms with E-state index >= 15 is 0 Å². The zero-order chi connectivity index (χ0) is 17.5. The summed E-state index contributed by atoms with van der Waals surface area (Å²) in [6.45, 7) is -2.31. The second-order valence-corrected chi connectivity index (χ2v) is 5.18. The van der Waals surface area contributed by atoms with Gasteiger partial charge in [0.25, 0.3) is 0 Å². The van der Waals surface area contributed by atoms with Crippen LogP contribution in [0.3, 0.4) is 0 Å². The third kappa shape index (κ3) is 4.49. The molecule has 2 unspecified atom stereocenters. The minimum Gasteiger partial charge on any atom is -0.434 e. The van der Waals surface area contributed by atoms with E-state index in [9.17, 15) is 18.4 Å². The number of halogens is 2. The van der Waals surface area contributed by atoms with E-state index in [1.807, 2.05) is 0 Å². The van der Waals surface area contributed by atoms with Gasteiger partial charge >= 0.3 is 6.61 Å². The van der Waals surface area contributed by atoms with E-state index in [0.29, 0.717) is 6.61 Å². The summed E-state index contributed by atoms with van der Waals surface area (Å²) < 4.78 is 34.4. The van der Waals surface area contributed by atoms with Crippen LogP contribution in [0.25, 0.3) is 0 Å². The van der Waals surface area contributed by atoms with Crippen LogP contribution in [0.2, 0.25) is 0 Å². The number of nitrogens with zero attached hydrogens (tertiary/aromatic N) is 1. The molecule has 6 nitrogen and oxygen atoms in total. The number of alkyl halides is 2. The molecule has 1 fully saturated rings. The van der Waals surface area contributed by atoms with Gasteiger partial charge in [-0.2, -0.15) is 14.0 Å². The number of hydrogen-bond acceptors (Lipinski definition) is 5. The Bertz CT molecular complexity index is 639. The first-order valence-corrected chi connectivity index (χ1v) is 7.40. The van der Waals surface area contributed by atoms with Gasteiger partial charge in [0, 0.05) is 13.2 Å². The highest BCUT2D eigenvalue weighted by Crippen LogP contribution is 2.23. The summed E-state index contributed by atoms with van der Waals surface area (Å²) in [7, 11) is 0. The number of ether oxygens (including phenoxy) is 2. The first-order chi connectivity index (χ1) is 11.5. The van der Waals surface area contributed by atoms with Crippen molar-refractivity contribution in [3.8, 4) is 11.8 Å². The van der Waals surface area contributed by atoms with Gasteiger partial charge in [-0.05, 0) is 25.0 Å². The van der Waals surface area contributed by atoms with Crippen LogP contribution in [-0.4, -0.2) is 37.6 Å². The summed E-state index contributed by atoms with van der Waals surface area (Å²) in [5, 5.41) is 11.6. The molecule has 1 aromatic carbocycles.